The summed E-state index contributed by atoms with van der Waals surface area (Å²) in [5.41, 5.74) is 2.57. The second kappa shape index (κ2) is 8.08. The molecule has 1 aliphatic heterocycles. The molecule has 0 bridgehead atoms. The first-order valence-electron chi connectivity index (χ1n) is 7.87. The van der Waals surface area contributed by atoms with Crippen LogP contribution >= 0.6 is 12.4 Å². The highest BCUT2D eigenvalue weighted by atomic mass is 35.5. The first-order valence-corrected chi connectivity index (χ1v) is 7.87. The van der Waals surface area contributed by atoms with Crippen molar-refractivity contribution in [3.8, 4) is 0 Å². The van der Waals surface area contributed by atoms with Crippen molar-refractivity contribution < 1.29 is 9.59 Å². The van der Waals surface area contributed by atoms with Crippen LogP contribution in [0.25, 0.3) is 0 Å². The zero-order valence-electron chi connectivity index (χ0n) is 13.5. The van der Waals surface area contributed by atoms with Crippen LogP contribution in [0.5, 0.6) is 0 Å². The van der Waals surface area contributed by atoms with Gasteiger partial charge < -0.3 is 10.6 Å². The molecule has 1 heterocycles. The van der Waals surface area contributed by atoms with Crippen molar-refractivity contribution in [1.82, 2.24) is 10.6 Å². The van der Waals surface area contributed by atoms with Gasteiger partial charge in [0.15, 0.2) is 5.78 Å². The first kappa shape index (κ1) is 18.2. The number of carbonyl (C=O) groups excluding carboxylic acids is 2. The van der Waals surface area contributed by atoms with Gasteiger partial charge in [0.2, 0.25) is 0 Å². The normalized spacial score (nSPS) is 16.3. The van der Waals surface area contributed by atoms with Gasteiger partial charge in [-0.15, -0.1) is 12.4 Å². The lowest BCUT2D eigenvalue weighted by atomic mass is 9.97. The lowest BCUT2D eigenvalue weighted by Gasteiger charge is -2.13. The number of amides is 1. The number of hydrogen-bond acceptors (Lipinski definition) is 3. The average Bonchev–Trinajstić information content (AvgIpc) is 3.08. The fourth-order valence-corrected chi connectivity index (χ4v) is 2.78. The van der Waals surface area contributed by atoms with Crippen molar-refractivity contribution >= 4 is 24.1 Å². The Labute approximate surface area is 148 Å². The van der Waals surface area contributed by atoms with Gasteiger partial charge in [-0.2, -0.15) is 0 Å². The molecule has 0 aromatic heterocycles. The summed E-state index contributed by atoms with van der Waals surface area (Å²) >= 11 is 0. The van der Waals surface area contributed by atoms with E-state index in [1.807, 2.05) is 19.1 Å². The smallest absolute Gasteiger partial charge is 0.252 e. The number of hydrogen-bond donors (Lipinski definition) is 2. The van der Waals surface area contributed by atoms with E-state index in [1.165, 1.54) is 0 Å². The number of benzene rings is 2. The van der Waals surface area contributed by atoms with E-state index in [4.69, 9.17) is 0 Å². The molecule has 1 amide bonds. The van der Waals surface area contributed by atoms with Crippen molar-refractivity contribution in [2.75, 3.05) is 13.1 Å². The van der Waals surface area contributed by atoms with E-state index in [0.29, 0.717) is 16.7 Å². The summed E-state index contributed by atoms with van der Waals surface area (Å²) in [5, 5.41) is 6.21. The van der Waals surface area contributed by atoms with Crippen LogP contribution in [0.15, 0.2) is 48.5 Å². The summed E-state index contributed by atoms with van der Waals surface area (Å²) in [6, 6.07) is 14.5. The third kappa shape index (κ3) is 4.02. The molecule has 24 heavy (non-hydrogen) atoms. The Balaban J connectivity index is 0.00000208. The summed E-state index contributed by atoms with van der Waals surface area (Å²) in [7, 11) is 0. The Hall–Kier alpha value is -2.17. The van der Waals surface area contributed by atoms with Gasteiger partial charge in [0.1, 0.15) is 0 Å². The molecule has 2 N–H and O–H groups in total. The van der Waals surface area contributed by atoms with Crippen LogP contribution in [-0.2, 0) is 0 Å². The van der Waals surface area contributed by atoms with Gasteiger partial charge in [-0.05, 0) is 26.0 Å². The quantitative estimate of drug-likeness (QED) is 0.838. The molecule has 0 aliphatic carbocycles. The van der Waals surface area contributed by atoms with E-state index < -0.39 is 0 Å². The molecule has 1 unspecified atom stereocenters. The number of ketones is 1. The van der Waals surface area contributed by atoms with Gasteiger partial charge in [0.05, 0.1) is 5.56 Å². The number of carbonyl (C=O) groups is 2. The second-order valence-corrected chi connectivity index (χ2v) is 5.90. The predicted molar refractivity (Wildman–Crippen MR) is 97.0 cm³/mol. The van der Waals surface area contributed by atoms with Crippen molar-refractivity contribution in [2.45, 2.75) is 19.4 Å². The lowest BCUT2D eigenvalue weighted by Crippen LogP contribution is -2.36. The Bertz CT molecular complexity index is 722. The van der Waals surface area contributed by atoms with Gasteiger partial charge in [0, 0.05) is 23.7 Å². The van der Waals surface area contributed by atoms with Gasteiger partial charge in [0.25, 0.3) is 5.91 Å². The third-order valence-corrected chi connectivity index (χ3v) is 4.13. The van der Waals surface area contributed by atoms with Crippen LogP contribution in [-0.4, -0.2) is 30.8 Å². The highest BCUT2D eigenvalue weighted by Crippen LogP contribution is 2.16. The molecule has 1 saturated heterocycles. The molecule has 0 radical (unpaired) electrons. The maximum Gasteiger partial charge on any atom is 0.252 e. The number of rotatable bonds is 4. The summed E-state index contributed by atoms with van der Waals surface area (Å²) in [6.07, 6.45) is 0.916. The van der Waals surface area contributed by atoms with Crippen LogP contribution < -0.4 is 10.6 Å². The molecule has 1 aliphatic rings. The molecule has 0 spiro atoms. The zero-order valence-corrected chi connectivity index (χ0v) is 14.4. The van der Waals surface area contributed by atoms with E-state index >= 15 is 0 Å². The molecular weight excluding hydrogens is 324 g/mol. The molecule has 5 heteroatoms. The van der Waals surface area contributed by atoms with Crippen molar-refractivity contribution in [2.24, 2.45) is 0 Å². The Morgan fingerprint density at radius 2 is 1.71 bits per heavy atom. The van der Waals surface area contributed by atoms with E-state index in [0.717, 1.165) is 25.1 Å². The molecule has 2 aromatic rings. The lowest BCUT2D eigenvalue weighted by molar-refractivity contribution is 0.0929. The molecule has 2 aromatic carbocycles. The Morgan fingerprint density at radius 3 is 2.33 bits per heavy atom. The van der Waals surface area contributed by atoms with Crippen LogP contribution in [0.4, 0.5) is 0 Å². The molecule has 3 rings (SSSR count). The van der Waals surface area contributed by atoms with Crippen LogP contribution in [0.3, 0.4) is 0 Å². The maximum atomic E-state index is 12.7. The van der Waals surface area contributed by atoms with Gasteiger partial charge in [-0.25, -0.2) is 0 Å². The van der Waals surface area contributed by atoms with E-state index in [1.54, 1.807) is 36.4 Å². The van der Waals surface area contributed by atoms with Gasteiger partial charge in [-0.1, -0.05) is 48.0 Å². The van der Waals surface area contributed by atoms with Crippen LogP contribution in [0.1, 0.15) is 38.3 Å². The van der Waals surface area contributed by atoms with Crippen molar-refractivity contribution in [3.63, 3.8) is 0 Å². The van der Waals surface area contributed by atoms with Gasteiger partial charge >= 0.3 is 0 Å². The second-order valence-electron chi connectivity index (χ2n) is 5.90. The largest absolute Gasteiger partial charge is 0.348 e. The summed E-state index contributed by atoms with van der Waals surface area (Å²) in [5.74, 6) is -0.310. The van der Waals surface area contributed by atoms with Crippen molar-refractivity contribution in [3.05, 3.63) is 70.8 Å². The number of halogens is 1. The average molecular weight is 345 g/mol. The zero-order chi connectivity index (χ0) is 16.2. The highest BCUT2D eigenvalue weighted by Gasteiger charge is 2.21. The fraction of sp³-hybridized carbons (Fsp3) is 0.263. The van der Waals surface area contributed by atoms with E-state index in [9.17, 15) is 9.59 Å². The standard InChI is InChI=1S/C19H20N2O2.ClH/c1-13-6-8-14(9-7-13)18(22)16-4-2-3-5-17(16)19(23)21-15-10-11-20-12-15;/h2-9,15,20H,10-12H2,1H3,(H,21,23);1H. The predicted octanol–water partition coefficient (Wildman–Crippen LogP) is 2.74. The minimum Gasteiger partial charge on any atom is -0.348 e. The van der Waals surface area contributed by atoms with Crippen molar-refractivity contribution in [1.29, 1.82) is 0 Å². The SMILES string of the molecule is Cc1ccc(C(=O)c2ccccc2C(=O)NC2CCNC2)cc1.Cl. The molecule has 126 valence electrons. The Morgan fingerprint density at radius 1 is 1.04 bits per heavy atom. The highest BCUT2D eigenvalue weighted by molar-refractivity contribution is 6.15. The number of aryl methyl sites for hydroxylation is 1. The third-order valence-electron chi connectivity index (χ3n) is 4.13. The molecule has 0 saturated carbocycles. The fourth-order valence-electron chi connectivity index (χ4n) is 2.78. The maximum absolute atomic E-state index is 12.7. The minimum absolute atomic E-state index is 0. The summed E-state index contributed by atoms with van der Waals surface area (Å²) in [6.45, 7) is 3.67. The topological polar surface area (TPSA) is 58.2 Å². The number of nitrogens with one attached hydrogen (secondary N) is 2. The monoisotopic (exact) mass is 344 g/mol. The molecule has 4 nitrogen and oxygen atoms in total. The van der Waals surface area contributed by atoms with Crippen LogP contribution in [0, 0.1) is 6.92 Å². The van der Waals surface area contributed by atoms with E-state index in [-0.39, 0.29) is 30.1 Å². The molecule has 1 atom stereocenters. The molecular formula is C19H21ClN2O2. The summed E-state index contributed by atoms with van der Waals surface area (Å²) < 4.78 is 0. The van der Waals surface area contributed by atoms with E-state index in [2.05, 4.69) is 10.6 Å². The summed E-state index contributed by atoms with van der Waals surface area (Å²) in [4.78, 5) is 25.2. The van der Waals surface area contributed by atoms with Gasteiger partial charge in [-0.3, -0.25) is 9.59 Å². The molecule has 1 fully saturated rings. The first-order chi connectivity index (χ1) is 11.1. The van der Waals surface area contributed by atoms with Crippen LogP contribution in [0.2, 0.25) is 0 Å². The minimum atomic E-state index is -0.185. The Kier molecular flexibility index (Phi) is 6.12.